The zero-order valence-electron chi connectivity index (χ0n) is 18.3. The molecule has 0 spiro atoms. The summed E-state index contributed by atoms with van der Waals surface area (Å²) in [7, 11) is 0. The molecule has 0 N–H and O–H groups in total. The van der Waals surface area contributed by atoms with Crippen molar-refractivity contribution < 1.29 is 0 Å². The minimum absolute atomic E-state index is 0.607. The Hall–Kier alpha value is -1.56. The van der Waals surface area contributed by atoms with Gasteiger partial charge in [-0.2, -0.15) is 0 Å². The molecule has 0 radical (unpaired) electrons. The highest BCUT2D eigenvalue weighted by atomic mass is 14.1. The van der Waals surface area contributed by atoms with Gasteiger partial charge in [0.25, 0.3) is 0 Å². The molecular weight excluding hydrogens is 300 g/mol. The molecule has 0 bridgehead atoms. The van der Waals surface area contributed by atoms with Crippen LogP contribution in [0, 0.1) is 5.92 Å². The first-order chi connectivity index (χ1) is 11.8. The van der Waals surface area contributed by atoms with Crippen molar-refractivity contribution in [2.45, 2.75) is 80.6 Å². The van der Waals surface area contributed by atoms with Crippen LogP contribution in [0.25, 0.3) is 0 Å². The summed E-state index contributed by atoms with van der Waals surface area (Å²) in [5.41, 5.74) is 4.63. The zero-order valence-corrected chi connectivity index (χ0v) is 18.3. The van der Waals surface area contributed by atoms with Crippen molar-refractivity contribution in [3.05, 3.63) is 72.9 Å². The van der Waals surface area contributed by atoms with Crippen LogP contribution >= 0.6 is 0 Å². The lowest BCUT2D eigenvalue weighted by Crippen LogP contribution is -1.95. The topological polar surface area (TPSA) is 0 Å². The molecule has 0 aromatic heterocycles. The predicted octanol–water partition coefficient (Wildman–Crippen LogP) is 9.00. The van der Waals surface area contributed by atoms with E-state index in [-0.39, 0.29) is 0 Å². The summed E-state index contributed by atoms with van der Waals surface area (Å²) in [5, 5.41) is 0. The Balaban J connectivity index is -0.000000380. The molecule has 0 aliphatic rings. The third-order valence-electron chi connectivity index (χ3n) is 3.67. The van der Waals surface area contributed by atoms with Crippen LogP contribution in [0.15, 0.2) is 72.9 Å². The first-order valence-corrected chi connectivity index (χ1v) is 9.84. The summed E-state index contributed by atoms with van der Waals surface area (Å²) in [6.45, 7) is 30.2. The zero-order chi connectivity index (χ0) is 20.3. The van der Waals surface area contributed by atoms with Gasteiger partial charge >= 0.3 is 0 Å². The van der Waals surface area contributed by atoms with Crippen molar-refractivity contribution in [1.29, 1.82) is 0 Å². The molecule has 0 aromatic carbocycles. The van der Waals surface area contributed by atoms with E-state index in [4.69, 9.17) is 0 Å². The molecule has 1 atom stereocenters. The fourth-order valence-corrected chi connectivity index (χ4v) is 1.58. The summed E-state index contributed by atoms with van der Waals surface area (Å²) in [5.74, 6) is 0.607. The molecule has 0 saturated carbocycles. The van der Waals surface area contributed by atoms with Gasteiger partial charge in [0.2, 0.25) is 0 Å². The van der Waals surface area contributed by atoms with Gasteiger partial charge in [-0.3, -0.25) is 0 Å². The van der Waals surface area contributed by atoms with Gasteiger partial charge in [-0.15, -0.1) is 0 Å². The molecule has 0 saturated heterocycles. The van der Waals surface area contributed by atoms with Gasteiger partial charge in [0.05, 0.1) is 0 Å². The second-order valence-corrected chi connectivity index (χ2v) is 6.15. The van der Waals surface area contributed by atoms with Gasteiger partial charge in [-0.1, -0.05) is 127 Å². The standard InChI is InChI=1S/C14H24.C9H14.C2H6/c1-6-8-9-13(4)14(5)11-10-12(3)7-2;1-5-9(4)7-6-8(2)3;1-2/h10-11,13H,3,5-9H2,1-2,4H3;6-7H,2,4-5H2,1,3H3;1-2H3/b11-10-;7-6-;. The lowest BCUT2D eigenvalue weighted by atomic mass is 9.96. The monoisotopic (exact) mass is 344 g/mol. The molecule has 25 heavy (non-hydrogen) atoms. The van der Waals surface area contributed by atoms with Gasteiger partial charge in [0, 0.05) is 0 Å². The molecule has 0 heteroatoms. The molecule has 0 fully saturated rings. The fraction of sp³-hybridized carbons (Fsp3) is 0.520. The average molecular weight is 345 g/mol. The molecule has 0 rings (SSSR count). The first-order valence-electron chi connectivity index (χ1n) is 9.84. The third-order valence-corrected chi connectivity index (χ3v) is 3.67. The van der Waals surface area contributed by atoms with E-state index in [9.17, 15) is 0 Å². The van der Waals surface area contributed by atoms with Crippen LogP contribution in [-0.2, 0) is 0 Å². The smallest absolute Gasteiger partial charge is 0.0196 e. The van der Waals surface area contributed by atoms with E-state index >= 15 is 0 Å². The maximum atomic E-state index is 4.09. The van der Waals surface area contributed by atoms with Crippen molar-refractivity contribution in [1.82, 2.24) is 0 Å². The van der Waals surface area contributed by atoms with Crippen LogP contribution in [0.3, 0.4) is 0 Å². The second-order valence-electron chi connectivity index (χ2n) is 6.15. The molecule has 0 heterocycles. The van der Waals surface area contributed by atoms with E-state index in [1.807, 2.05) is 32.9 Å². The largest absolute Gasteiger partial charge is 0.0961 e. The lowest BCUT2D eigenvalue weighted by molar-refractivity contribution is 0.582. The summed E-state index contributed by atoms with van der Waals surface area (Å²) in [6.07, 6.45) is 14.0. The average Bonchev–Trinajstić information content (AvgIpc) is 2.63. The van der Waals surface area contributed by atoms with E-state index in [1.165, 1.54) is 30.4 Å². The second kappa shape index (κ2) is 20.5. The molecule has 0 amide bonds. The molecule has 0 aliphatic carbocycles. The molecule has 0 nitrogen and oxygen atoms in total. The first kappa shape index (κ1) is 28.3. The van der Waals surface area contributed by atoms with E-state index in [0.29, 0.717) is 5.92 Å². The number of rotatable bonds is 10. The normalized spacial score (nSPS) is 11.2. The third kappa shape index (κ3) is 22.4. The van der Waals surface area contributed by atoms with Crippen LogP contribution in [-0.4, -0.2) is 0 Å². The molecule has 0 aliphatic heterocycles. The molecule has 1 unspecified atom stereocenters. The van der Waals surface area contributed by atoms with Gasteiger partial charge < -0.3 is 0 Å². The Kier molecular flexibility index (Phi) is 23.1. The minimum atomic E-state index is 0.607. The Bertz CT molecular complexity index is 429. The summed E-state index contributed by atoms with van der Waals surface area (Å²) in [4.78, 5) is 0. The molecule has 0 aromatic rings. The van der Waals surface area contributed by atoms with E-state index in [0.717, 1.165) is 24.0 Å². The van der Waals surface area contributed by atoms with Crippen molar-refractivity contribution in [2.75, 3.05) is 0 Å². The Morgan fingerprint density at radius 3 is 1.60 bits per heavy atom. The highest BCUT2D eigenvalue weighted by Crippen LogP contribution is 2.17. The molecule has 144 valence electrons. The van der Waals surface area contributed by atoms with Crippen LogP contribution in [0.5, 0.6) is 0 Å². The maximum absolute atomic E-state index is 4.09. The predicted molar refractivity (Wildman–Crippen MR) is 121 cm³/mol. The van der Waals surface area contributed by atoms with Crippen LogP contribution in [0.4, 0.5) is 0 Å². The van der Waals surface area contributed by atoms with Crippen LogP contribution < -0.4 is 0 Å². The quantitative estimate of drug-likeness (QED) is 0.347. The van der Waals surface area contributed by atoms with Crippen molar-refractivity contribution in [2.24, 2.45) is 5.92 Å². The number of unbranched alkanes of at least 4 members (excludes halogenated alkanes) is 1. The number of hydrogen-bond donors (Lipinski definition) is 0. The van der Waals surface area contributed by atoms with Gasteiger partial charge in [0.1, 0.15) is 0 Å². The van der Waals surface area contributed by atoms with Gasteiger partial charge in [0.15, 0.2) is 0 Å². The maximum Gasteiger partial charge on any atom is -0.0196 e. The SMILES string of the molecule is C=C(/C=C\C(=C)C(C)CCCC)CC.C=C(C)/C=C\C(=C)CC.CC. The lowest BCUT2D eigenvalue weighted by Gasteiger charge is -2.10. The van der Waals surface area contributed by atoms with E-state index < -0.39 is 0 Å². The number of hydrogen-bond acceptors (Lipinski definition) is 0. The minimum Gasteiger partial charge on any atom is -0.0961 e. The van der Waals surface area contributed by atoms with Crippen molar-refractivity contribution in [3.63, 3.8) is 0 Å². The Labute approximate surface area is 159 Å². The van der Waals surface area contributed by atoms with Gasteiger partial charge in [-0.05, 0) is 32.1 Å². The summed E-state index contributed by atoms with van der Waals surface area (Å²) >= 11 is 0. The fourth-order valence-electron chi connectivity index (χ4n) is 1.58. The van der Waals surface area contributed by atoms with Crippen LogP contribution in [0.2, 0.25) is 0 Å². The van der Waals surface area contributed by atoms with Crippen molar-refractivity contribution in [3.8, 4) is 0 Å². The number of allylic oxidation sites excluding steroid dienone is 8. The summed E-state index contributed by atoms with van der Waals surface area (Å²) < 4.78 is 0. The van der Waals surface area contributed by atoms with Crippen LogP contribution in [0.1, 0.15) is 80.6 Å². The van der Waals surface area contributed by atoms with E-state index in [2.05, 4.69) is 66.2 Å². The Morgan fingerprint density at radius 1 is 0.800 bits per heavy atom. The highest BCUT2D eigenvalue weighted by Gasteiger charge is 2.02. The van der Waals surface area contributed by atoms with E-state index in [1.54, 1.807) is 0 Å². The Morgan fingerprint density at radius 2 is 1.24 bits per heavy atom. The van der Waals surface area contributed by atoms with Crippen molar-refractivity contribution >= 4 is 0 Å². The molecular formula is C25H44. The highest BCUT2D eigenvalue weighted by molar-refractivity contribution is 5.25. The van der Waals surface area contributed by atoms with Gasteiger partial charge in [-0.25, -0.2) is 0 Å². The summed E-state index contributed by atoms with van der Waals surface area (Å²) in [6, 6.07) is 0.